The minimum atomic E-state index is -0.253. The third-order valence-electron chi connectivity index (χ3n) is 4.13. The molecule has 0 atom stereocenters. The Hall–Kier alpha value is -3.40. The minimum absolute atomic E-state index is 0.253. The largest absolute Gasteiger partial charge is 0.383 e. The van der Waals surface area contributed by atoms with Crippen molar-refractivity contribution in [1.29, 1.82) is 5.26 Å². The first kappa shape index (κ1) is 15.1. The highest BCUT2D eigenvalue weighted by atomic mass is 15.3. The molecule has 7 heteroatoms. The second kappa shape index (κ2) is 5.05. The van der Waals surface area contributed by atoms with E-state index in [0.717, 1.165) is 22.0 Å². The zero-order chi connectivity index (χ0) is 17.8. The summed E-state index contributed by atoms with van der Waals surface area (Å²) in [5, 5.41) is 15.5. The van der Waals surface area contributed by atoms with E-state index >= 15 is 0 Å². The molecule has 7 nitrogen and oxygen atoms in total. The quantitative estimate of drug-likeness (QED) is 0.556. The average molecular weight is 331 g/mol. The van der Waals surface area contributed by atoms with Crippen molar-refractivity contribution in [2.45, 2.75) is 26.3 Å². The van der Waals surface area contributed by atoms with E-state index in [1.807, 2.05) is 22.9 Å². The topological polar surface area (TPSA) is 109 Å². The van der Waals surface area contributed by atoms with Crippen LogP contribution in [0, 0.1) is 11.3 Å². The molecule has 0 saturated heterocycles. The Bertz CT molecular complexity index is 1150. The van der Waals surface area contributed by atoms with Gasteiger partial charge in [0.1, 0.15) is 17.8 Å². The van der Waals surface area contributed by atoms with Gasteiger partial charge in [-0.1, -0.05) is 0 Å². The Kier molecular flexibility index (Phi) is 3.06. The van der Waals surface area contributed by atoms with Crippen molar-refractivity contribution in [1.82, 2.24) is 24.7 Å². The maximum atomic E-state index is 9.08. The van der Waals surface area contributed by atoms with Gasteiger partial charge in [0, 0.05) is 10.9 Å². The summed E-state index contributed by atoms with van der Waals surface area (Å²) in [6.45, 7) is 6.18. The molecule has 0 radical (unpaired) electrons. The highest BCUT2D eigenvalue weighted by molar-refractivity contribution is 6.00. The number of aromatic nitrogens is 5. The van der Waals surface area contributed by atoms with Crippen LogP contribution in [0.25, 0.3) is 33.3 Å². The number of H-pyrrole nitrogens is 1. The van der Waals surface area contributed by atoms with Crippen molar-refractivity contribution in [3.05, 3.63) is 36.2 Å². The summed E-state index contributed by atoms with van der Waals surface area (Å²) in [7, 11) is 0. The molecule has 0 amide bonds. The number of hydrogen-bond acceptors (Lipinski definition) is 5. The molecule has 1 aromatic carbocycles. The van der Waals surface area contributed by atoms with E-state index in [1.54, 1.807) is 6.07 Å². The van der Waals surface area contributed by atoms with Crippen LogP contribution in [0.2, 0.25) is 0 Å². The smallest absolute Gasteiger partial charge is 0.164 e. The molecule has 4 rings (SSSR count). The molecule has 0 spiro atoms. The second-order valence-electron chi connectivity index (χ2n) is 6.99. The molecule has 0 unspecified atom stereocenters. The fourth-order valence-electron chi connectivity index (χ4n) is 2.96. The molecule has 0 aliphatic carbocycles. The van der Waals surface area contributed by atoms with Gasteiger partial charge in [-0.15, -0.1) is 0 Å². The lowest BCUT2D eigenvalue weighted by atomic mass is 10.1. The number of aromatic amines is 1. The summed E-state index contributed by atoms with van der Waals surface area (Å²) in [4.78, 5) is 11.9. The molecule has 3 N–H and O–H groups in total. The number of nitrogen functional groups attached to an aromatic ring is 1. The fraction of sp³-hybridized carbons (Fsp3) is 0.222. The van der Waals surface area contributed by atoms with Gasteiger partial charge in [0.2, 0.25) is 0 Å². The van der Waals surface area contributed by atoms with Gasteiger partial charge < -0.3 is 10.7 Å². The number of benzene rings is 1. The van der Waals surface area contributed by atoms with E-state index in [9.17, 15) is 0 Å². The molecule has 3 aromatic heterocycles. The van der Waals surface area contributed by atoms with E-state index in [4.69, 9.17) is 16.1 Å². The Morgan fingerprint density at radius 3 is 2.72 bits per heavy atom. The first-order valence-corrected chi connectivity index (χ1v) is 7.91. The van der Waals surface area contributed by atoms with Crippen molar-refractivity contribution >= 4 is 27.8 Å². The van der Waals surface area contributed by atoms with Gasteiger partial charge in [0.05, 0.1) is 28.3 Å². The molecule has 0 saturated carbocycles. The number of nitrogens with one attached hydrogen (secondary N) is 1. The summed E-state index contributed by atoms with van der Waals surface area (Å²) >= 11 is 0. The van der Waals surface area contributed by atoms with E-state index in [0.29, 0.717) is 22.7 Å². The van der Waals surface area contributed by atoms with Gasteiger partial charge >= 0.3 is 0 Å². The normalized spacial score (nSPS) is 11.9. The van der Waals surface area contributed by atoms with Crippen LogP contribution in [-0.2, 0) is 5.54 Å². The van der Waals surface area contributed by atoms with Crippen LogP contribution < -0.4 is 5.73 Å². The molecular weight excluding hydrogens is 314 g/mol. The lowest BCUT2D eigenvalue weighted by Crippen LogP contribution is -2.23. The number of anilines is 1. The van der Waals surface area contributed by atoms with Crippen LogP contribution in [0.4, 0.5) is 5.82 Å². The van der Waals surface area contributed by atoms with Crippen LogP contribution in [-0.4, -0.2) is 24.7 Å². The number of nitriles is 1. The second-order valence-corrected chi connectivity index (χ2v) is 6.99. The molecule has 0 bridgehead atoms. The number of fused-ring (bicyclic) bond motifs is 2. The first-order valence-electron chi connectivity index (χ1n) is 7.91. The third-order valence-corrected chi connectivity index (χ3v) is 4.13. The van der Waals surface area contributed by atoms with Crippen LogP contribution >= 0.6 is 0 Å². The maximum absolute atomic E-state index is 9.08. The molecule has 0 aliphatic heterocycles. The molecule has 0 aliphatic rings. The Labute approximate surface area is 144 Å². The van der Waals surface area contributed by atoms with Crippen molar-refractivity contribution < 1.29 is 0 Å². The molecule has 0 fully saturated rings. The number of rotatable bonds is 1. The highest BCUT2D eigenvalue weighted by Crippen LogP contribution is 2.34. The highest BCUT2D eigenvalue weighted by Gasteiger charge is 2.24. The number of nitrogens with two attached hydrogens (primary N) is 1. The standard InChI is InChI=1S/C18H17N7/c1-18(2,3)25-17-14(16(20)21-9-22-17)15(24-25)13-7-11-6-10(8-19)4-5-12(11)23-13/h4-7,9,23H,1-3H3,(H2,20,21,22). The SMILES string of the molecule is CC(C)(C)n1nc(-c2cc3cc(C#N)ccc3[nH]2)c2c(N)ncnc21. The number of hydrogen-bond donors (Lipinski definition) is 2. The van der Waals surface area contributed by atoms with Gasteiger partial charge in [0.25, 0.3) is 0 Å². The fourth-order valence-corrected chi connectivity index (χ4v) is 2.96. The third kappa shape index (κ3) is 2.31. The molecule has 3 heterocycles. The Morgan fingerprint density at radius 2 is 2.00 bits per heavy atom. The van der Waals surface area contributed by atoms with E-state index in [1.165, 1.54) is 6.33 Å². The van der Waals surface area contributed by atoms with Crippen LogP contribution in [0.3, 0.4) is 0 Å². The summed E-state index contributed by atoms with van der Waals surface area (Å²) < 4.78 is 1.86. The predicted octanol–water partition coefficient (Wildman–Crippen LogP) is 3.18. The lowest BCUT2D eigenvalue weighted by molar-refractivity contribution is 0.366. The van der Waals surface area contributed by atoms with Gasteiger partial charge in [-0.05, 0) is 45.0 Å². The van der Waals surface area contributed by atoms with E-state index in [2.05, 4.69) is 41.8 Å². The monoisotopic (exact) mass is 331 g/mol. The van der Waals surface area contributed by atoms with Crippen molar-refractivity contribution in [2.75, 3.05) is 5.73 Å². The molecule has 4 aromatic rings. The van der Waals surface area contributed by atoms with Crippen LogP contribution in [0.15, 0.2) is 30.6 Å². The van der Waals surface area contributed by atoms with Gasteiger partial charge in [-0.3, -0.25) is 0 Å². The Balaban J connectivity index is 2.03. The van der Waals surface area contributed by atoms with Crippen LogP contribution in [0.5, 0.6) is 0 Å². The number of nitrogens with zero attached hydrogens (tertiary/aromatic N) is 5. The molecule has 25 heavy (non-hydrogen) atoms. The van der Waals surface area contributed by atoms with Gasteiger partial charge in [-0.2, -0.15) is 10.4 Å². The molecule has 124 valence electrons. The van der Waals surface area contributed by atoms with E-state index in [-0.39, 0.29) is 5.54 Å². The minimum Gasteiger partial charge on any atom is -0.383 e. The summed E-state index contributed by atoms with van der Waals surface area (Å²) in [6, 6.07) is 9.65. The Morgan fingerprint density at radius 1 is 1.20 bits per heavy atom. The van der Waals surface area contributed by atoms with Crippen molar-refractivity contribution in [3.63, 3.8) is 0 Å². The van der Waals surface area contributed by atoms with Crippen molar-refractivity contribution in [3.8, 4) is 17.5 Å². The lowest BCUT2D eigenvalue weighted by Gasteiger charge is -2.19. The van der Waals surface area contributed by atoms with Gasteiger partial charge in [0.15, 0.2) is 5.65 Å². The zero-order valence-corrected chi connectivity index (χ0v) is 14.2. The summed E-state index contributed by atoms with van der Waals surface area (Å²) in [5.74, 6) is 0.395. The van der Waals surface area contributed by atoms with Crippen molar-refractivity contribution in [2.24, 2.45) is 0 Å². The molecular formula is C18H17N7. The summed E-state index contributed by atoms with van der Waals surface area (Å²) in [5.41, 5.74) is 9.65. The average Bonchev–Trinajstić information content (AvgIpc) is 3.15. The first-order chi connectivity index (χ1) is 11.9. The summed E-state index contributed by atoms with van der Waals surface area (Å²) in [6.07, 6.45) is 1.45. The van der Waals surface area contributed by atoms with Gasteiger partial charge in [-0.25, -0.2) is 14.6 Å². The predicted molar refractivity (Wildman–Crippen MR) is 96.7 cm³/mol. The maximum Gasteiger partial charge on any atom is 0.164 e. The van der Waals surface area contributed by atoms with Crippen LogP contribution in [0.1, 0.15) is 26.3 Å². The zero-order valence-electron chi connectivity index (χ0n) is 14.2. The van der Waals surface area contributed by atoms with E-state index < -0.39 is 0 Å².